The topological polar surface area (TPSA) is 6.48 Å². The van der Waals surface area contributed by atoms with Crippen LogP contribution in [0.2, 0.25) is 0 Å². The third-order valence-electron chi connectivity index (χ3n) is 7.77. The van der Waals surface area contributed by atoms with Gasteiger partial charge in [0.25, 0.3) is 0 Å². The summed E-state index contributed by atoms with van der Waals surface area (Å²) in [5.41, 5.74) is 5.00. The molecular formula is C28H42N2S. The smallest absolute Gasteiger partial charge is 0.0402 e. The summed E-state index contributed by atoms with van der Waals surface area (Å²) in [6.45, 7) is 15.6. The number of unbranched alkanes of at least 4 members (excludes halogenated alkanes) is 1. The summed E-state index contributed by atoms with van der Waals surface area (Å²) in [5.74, 6) is 1.58. The average molecular weight is 439 g/mol. The van der Waals surface area contributed by atoms with E-state index in [1.165, 1.54) is 87.4 Å². The first kappa shape index (κ1) is 22.9. The highest BCUT2D eigenvalue weighted by molar-refractivity contribution is 7.13. The van der Waals surface area contributed by atoms with E-state index in [1.54, 1.807) is 5.56 Å². The SMILES string of the molecule is CCCCN1CCN(c2ccc(-c3cccs3)cc2C2CCC(C(C)(C)C)CC2)CC1. The zero-order chi connectivity index (χ0) is 21.8. The molecule has 2 heterocycles. The van der Waals surface area contributed by atoms with E-state index in [0.29, 0.717) is 11.3 Å². The third kappa shape index (κ3) is 5.54. The first-order valence-corrected chi connectivity index (χ1v) is 13.5. The van der Waals surface area contributed by atoms with Gasteiger partial charge in [0.05, 0.1) is 0 Å². The quantitative estimate of drug-likeness (QED) is 0.457. The van der Waals surface area contributed by atoms with Crippen LogP contribution < -0.4 is 4.90 Å². The second kappa shape index (κ2) is 10.1. The van der Waals surface area contributed by atoms with Crippen molar-refractivity contribution in [2.45, 2.75) is 72.1 Å². The van der Waals surface area contributed by atoms with Gasteiger partial charge < -0.3 is 4.90 Å². The maximum atomic E-state index is 2.69. The summed E-state index contributed by atoms with van der Waals surface area (Å²) < 4.78 is 0. The molecule has 0 bridgehead atoms. The van der Waals surface area contributed by atoms with Crippen molar-refractivity contribution in [1.29, 1.82) is 0 Å². The molecule has 0 amide bonds. The van der Waals surface area contributed by atoms with Gasteiger partial charge >= 0.3 is 0 Å². The van der Waals surface area contributed by atoms with Crippen LogP contribution >= 0.6 is 11.3 Å². The predicted molar refractivity (Wildman–Crippen MR) is 137 cm³/mol. The fourth-order valence-corrected chi connectivity index (χ4v) is 6.35. The molecule has 0 spiro atoms. The molecule has 1 aromatic carbocycles. The number of hydrogen-bond donors (Lipinski definition) is 0. The number of piperazine rings is 1. The molecule has 1 aliphatic carbocycles. The molecule has 31 heavy (non-hydrogen) atoms. The average Bonchev–Trinajstić information content (AvgIpc) is 3.32. The van der Waals surface area contributed by atoms with Crippen LogP contribution in [0.4, 0.5) is 5.69 Å². The largest absolute Gasteiger partial charge is 0.369 e. The Hall–Kier alpha value is -1.32. The molecule has 2 fully saturated rings. The molecule has 1 aliphatic heterocycles. The van der Waals surface area contributed by atoms with Crippen molar-refractivity contribution < 1.29 is 0 Å². The first-order valence-electron chi connectivity index (χ1n) is 12.6. The number of thiophene rings is 1. The summed E-state index contributed by atoms with van der Waals surface area (Å²) in [6.07, 6.45) is 8.07. The van der Waals surface area contributed by atoms with Gasteiger partial charge in [-0.15, -0.1) is 11.3 Å². The Morgan fingerprint density at radius 1 is 0.968 bits per heavy atom. The maximum absolute atomic E-state index is 2.69. The number of hydrogen-bond acceptors (Lipinski definition) is 3. The fraction of sp³-hybridized carbons (Fsp3) is 0.643. The van der Waals surface area contributed by atoms with Crippen LogP contribution in [0.3, 0.4) is 0 Å². The Bertz CT molecular complexity index is 804. The minimum Gasteiger partial charge on any atom is -0.369 e. The van der Waals surface area contributed by atoms with Crippen molar-refractivity contribution in [3.8, 4) is 10.4 Å². The van der Waals surface area contributed by atoms with E-state index >= 15 is 0 Å². The highest BCUT2D eigenvalue weighted by atomic mass is 32.1. The van der Waals surface area contributed by atoms with Crippen LogP contribution in [0.5, 0.6) is 0 Å². The molecule has 1 aromatic heterocycles. The van der Waals surface area contributed by atoms with Gasteiger partial charge in [-0.3, -0.25) is 4.90 Å². The van der Waals surface area contributed by atoms with Crippen molar-refractivity contribution in [1.82, 2.24) is 4.90 Å². The molecule has 0 atom stereocenters. The number of anilines is 1. The van der Waals surface area contributed by atoms with E-state index in [0.717, 1.165) is 5.92 Å². The lowest BCUT2D eigenvalue weighted by Crippen LogP contribution is -2.47. The molecule has 1 saturated carbocycles. The molecule has 0 unspecified atom stereocenters. The highest BCUT2D eigenvalue weighted by Crippen LogP contribution is 2.46. The fourth-order valence-electron chi connectivity index (χ4n) is 5.63. The summed E-state index contributed by atoms with van der Waals surface area (Å²) in [4.78, 5) is 6.75. The zero-order valence-corrected chi connectivity index (χ0v) is 21.0. The van der Waals surface area contributed by atoms with Crippen LogP contribution in [0, 0.1) is 11.3 Å². The van der Waals surface area contributed by atoms with Gasteiger partial charge in [0.2, 0.25) is 0 Å². The summed E-state index contributed by atoms with van der Waals surface area (Å²) in [7, 11) is 0. The lowest BCUT2D eigenvalue weighted by Gasteiger charge is -2.40. The second-order valence-corrected chi connectivity index (χ2v) is 11.8. The van der Waals surface area contributed by atoms with Gasteiger partial charge in [0.1, 0.15) is 0 Å². The lowest BCUT2D eigenvalue weighted by molar-refractivity contribution is 0.169. The molecule has 2 aromatic rings. The number of benzene rings is 1. The van der Waals surface area contributed by atoms with Crippen molar-refractivity contribution >= 4 is 17.0 Å². The number of rotatable bonds is 6. The van der Waals surface area contributed by atoms with E-state index < -0.39 is 0 Å². The monoisotopic (exact) mass is 438 g/mol. The Morgan fingerprint density at radius 3 is 2.32 bits per heavy atom. The molecule has 2 nitrogen and oxygen atoms in total. The van der Waals surface area contributed by atoms with Crippen LogP contribution in [0.15, 0.2) is 35.7 Å². The summed E-state index contributed by atoms with van der Waals surface area (Å²) in [5, 5.41) is 2.20. The van der Waals surface area contributed by atoms with Gasteiger partial charge in [0, 0.05) is 36.7 Å². The van der Waals surface area contributed by atoms with E-state index in [4.69, 9.17) is 0 Å². The zero-order valence-electron chi connectivity index (χ0n) is 20.2. The summed E-state index contributed by atoms with van der Waals surface area (Å²) in [6, 6.07) is 11.8. The predicted octanol–water partition coefficient (Wildman–Crippen LogP) is 7.66. The molecule has 3 heteroatoms. The van der Waals surface area contributed by atoms with Crippen molar-refractivity contribution in [2.75, 3.05) is 37.6 Å². The molecule has 0 N–H and O–H groups in total. The van der Waals surface area contributed by atoms with Crippen molar-refractivity contribution in [3.05, 3.63) is 41.3 Å². The van der Waals surface area contributed by atoms with Crippen molar-refractivity contribution in [2.24, 2.45) is 11.3 Å². The Morgan fingerprint density at radius 2 is 1.71 bits per heavy atom. The molecular weight excluding hydrogens is 396 g/mol. The van der Waals surface area contributed by atoms with Crippen molar-refractivity contribution in [3.63, 3.8) is 0 Å². The minimum atomic E-state index is 0.446. The van der Waals surface area contributed by atoms with Crippen LogP contribution in [-0.2, 0) is 0 Å². The van der Waals surface area contributed by atoms with Crippen LogP contribution in [0.1, 0.15) is 77.7 Å². The molecule has 2 aliphatic rings. The third-order valence-corrected chi connectivity index (χ3v) is 8.68. The molecule has 4 rings (SSSR count). The van der Waals surface area contributed by atoms with E-state index in [1.807, 2.05) is 11.3 Å². The van der Waals surface area contributed by atoms with Crippen LogP contribution in [0.25, 0.3) is 10.4 Å². The van der Waals surface area contributed by atoms with E-state index in [-0.39, 0.29) is 0 Å². The lowest BCUT2D eigenvalue weighted by atomic mass is 9.68. The Labute approximate surface area is 194 Å². The van der Waals surface area contributed by atoms with E-state index in [2.05, 4.69) is 73.2 Å². The van der Waals surface area contributed by atoms with Crippen LogP contribution in [-0.4, -0.2) is 37.6 Å². The van der Waals surface area contributed by atoms with Gasteiger partial charge in [-0.1, -0.05) is 46.2 Å². The summed E-state index contributed by atoms with van der Waals surface area (Å²) >= 11 is 1.86. The molecule has 170 valence electrons. The Balaban J connectivity index is 1.54. The van der Waals surface area contributed by atoms with E-state index in [9.17, 15) is 0 Å². The molecule has 0 radical (unpaired) electrons. The maximum Gasteiger partial charge on any atom is 0.0402 e. The van der Waals surface area contributed by atoms with Gasteiger partial charge in [0.15, 0.2) is 0 Å². The highest BCUT2D eigenvalue weighted by Gasteiger charge is 2.32. The van der Waals surface area contributed by atoms with Gasteiger partial charge in [-0.25, -0.2) is 0 Å². The van der Waals surface area contributed by atoms with Gasteiger partial charge in [-0.05, 0) is 90.6 Å². The molecule has 1 saturated heterocycles. The standard InChI is InChI=1S/C28H42N2S/c1-5-6-15-29-16-18-30(19-17-29)26-14-11-23(27-8-7-20-31-27)21-25(26)22-9-12-24(13-10-22)28(2,3)4/h7-8,11,14,20-22,24H,5-6,9-10,12-13,15-19H2,1-4H3. The first-order chi connectivity index (χ1) is 15.0. The Kier molecular flexibility index (Phi) is 7.44. The minimum absolute atomic E-state index is 0.446. The second-order valence-electron chi connectivity index (χ2n) is 10.8. The van der Waals surface area contributed by atoms with Gasteiger partial charge in [-0.2, -0.15) is 0 Å². The number of nitrogens with zero attached hydrogens (tertiary/aromatic N) is 2. The normalized spacial score (nSPS) is 23.3.